The average Bonchev–Trinajstić information content (AvgIpc) is 2.47. The maximum absolute atomic E-state index is 10.8. The number of benzene rings is 2. The summed E-state index contributed by atoms with van der Waals surface area (Å²) in [5, 5.41) is 26.9. The molecule has 0 fully saturated rings. The summed E-state index contributed by atoms with van der Waals surface area (Å²) in [6.45, 7) is 0. The van der Waals surface area contributed by atoms with Crippen LogP contribution in [0.3, 0.4) is 0 Å². The van der Waals surface area contributed by atoms with Crippen molar-refractivity contribution in [1.29, 1.82) is 10.5 Å². The highest BCUT2D eigenvalue weighted by Gasteiger charge is 2.09. The van der Waals surface area contributed by atoms with E-state index in [0.29, 0.717) is 16.0 Å². The zero-order valence-corrected chi connectivity index (χ0v) is 11.0. The summed E-state index contributed by atoms with van der Waals surface area (Å²) in [4.78, 5) is 12.3. The van der Waals surface area contributed by atoms with Crippen molar-refractivity contribution in [1.82, 2.24) is 0 Å². The lowest BCUT2D eigenvalue weighted by Gasteiger charge is -2.05. The molecular formula is C15H8N2O2S. The molecule has 0 aliphatic rings. The van der Waals surface area contributed by atoms with Gasteiger partial charge in [-0.25, -0.2) is 4.79 Å². The molecule has 0 heterocycles. The van der Waals surface area contributed by atoms with Crippen LogP contribution in [0.5, 0.6) is 0 Å². The van der Waals surface area contributed by atoms with Crippen LogP contribution in [0.25, 0.3) is 0 Å². The topological polar surface area (TPSA) is 84.9 Å². The van der Waals surface area contributed by atoms with Gasteiger partial charge in [0.15, 0.2) is 0 Å². The van der Waals surface area contributed by atoms with Crippen LogP contribution in [-0.4, -0.2) is 11.1 Å². The molecule has 1 N–H and O–H groups in total. The minimum Gasteiger partial charge on any atom is -0.478 e. The molecule has 0 aliphatic heterocycles. The van der Waals surface area contributed by atoms with Crippen molar-refractivity contribution in [3.05, 3.63) is 59.2 Å². The first-order chi connectivity index (χ1) is 9.65. The number of hydrogen-bond donors (Lipinski definition) is 1. The second-order valence-corrected chi connectivity index (χ2v) is 4.95. The number of nitriles is 2. The monoisotopic (exact) mass is 280 g/mol. The number of carboxylic acid groups (broad SMARTS) is 1. The first-order valence-electron chi connectivity index (χ1n) is 5.60. The first kappa shape index (κ1) is 13.7. The third-order valence-electron chi connectivity index (χ3n) is 2.59. The largest absolute Gasteiger partial charge is 0.478 e. The highest BCUT2D eigenvalue weighted by Crippen LogP contribution is 2.31. The molecule has 2 aromatic carbocycles. The van der Waals surface area contributed by atoms with Gasteiger partial charge in [0, 0.05) is 9.79 Å². The predicted octanol–water partition coefficient (Wildman–Crippen LogP) is 3.28. The van der Waals surface area contributed by atoms with E-state index in [2.05, 4.69) is 0 Å². The minimum atomic E-state index is -0.981. The number of rotatable bonds is 3. The third-order valence-corrected chi connectivity index (χ3v) is 3.66. The molecule has 2 aromatic rings. The zero-order chi connectivity index (χ0) is 14.5. The number of aromatic carboxylic acids is 1. The second kappa shape index (κ2) is 5.92. The summed E-state index contributed by atoms with van der Waals surface area (Å²) in [5.74, 6) is -0.981. The van der Waals surface area contributed by atoms with E-state index in [1.54, 1.807) is 30.3 Å². The van der Waals surface area contributed by atoms with Gasteiger partial charge in [-0.15, -0.1) is 0 Å². The van der Waals surface area contributed by atoms with Crippen molar-refractivity contribution in [3.8, 4) is 12.1 Å². The maximum Gasteiger partial charge on any atom is 0.335 e. The van der Waals surface area contributed by atoms with Gasteiger partial charge in [-0.1, -0.05) is 17.8 Å². The normalized spacial score (nSPS) is 9.50. The molecule has 0 spiro atoms. The number of hydrogen-bond acceptors (Lipinski definition) is 4. The lowest BCUT2D eigenvalue weighted by Crippen LogP contribution is -1.94. The van der Waals surface area contributed by atoms with Gasteiger partial charge < -0.3 is 5.11 Å². The second-order valence-electron chi connectivity index (χ2n) is 3.83. The molecule has 0 amide bonds. The van der Waals surface area contributed by atoms with Crippen molar-refractivity contribution >= 4 is 17.7 Å². The molecule has 0 radical (unpaired) electrons. The molecule has 0 aliphatic carbocycles. The Morgan fingerprint density at radius 2 is 1.75 bits per heavy atom. The van der Waals surface area contributed by atoms with Gasteiger partial charge in [-0.2, -0.15) is 10.5 Å². The van der Waals surface area contributed by atoms with Gasteiger partial charge >= 0.3 is 5.97 Å². The zero-order valence-electron chi connectivity index (χ0n) is 10.2. The van der Waals surface area contributed by atoms with Crippen molar-refractivity contribution in [2.75, 3.05) is 0 Å². The summed E-state index contributed by atoms with van der Waals surface area (Å²) in [6.07, 6.45) is 0. The lowest BCUT2D eigenvalue weighted by molar-refractivity contribution is 0.0697. The lowest BCUT2D eigenvalue weighted by atomic mass is 10.1. The van der Waals surface area contributed by atoms with E-state index in [-0.39, 0.29) is 5.56 Å². The highest BCUT2D eigenvalue weighted by molar-refractivity contribution is 7.99. The summed E-state index contributed by atoms with van der Waals surface area (Å²) < 4.78 is 0. The molecule has 96 valence electrons. The van der Waals surface area contributed by atoms with E-state index < -0.39 is 5.97 Å². The van der Waals surface area contributed by atoms with Crippen LogP contribution in [0, 0.1) is 22.7 Å². The Balaban J connectivity index is 2.34. The van der Waals surface area contributed by atoms with E-state index in [0.717, 1.165) is 4.90 Å². The van der Waals surface area contributed by atoms with Crippen LogP contribution in [-0.2, 0) is 0 Å². The molecule has 0 saturated heterocycles. The average molecular weight is 280 g/mol. The van der Waals surface area contributed by atoms with E-state index in [9.17, 15) is 4.79 Å². The van der Waals surface area contributed by atoms with Crippen molar-refractivity contribution in [2.24, 2.45) is 0 Å². The quantitative estimate of drug-likeness (QED) is 0.932. The summed E-state index contributed by atoms with van der Waals surface area (Å²) in [5.41, 5.74) is 0.877. The first-order valence-corrected chi connectivity index (χ1v) is 6.42. The standard InChI is InChI=1S/C15H8N2O2S/c16-8-11-2-1-3-14(13(11)9-17)20-12-6-4-10(5-7-12)15(18)19/h1-7H,(H,18,19). The van der Waals surface area contributed by atoms with Crippen molar-refractivity contribution in [2.45, 2.75) is 9.79 Å². The SMILES string of the molecule is N#Cc1cccc(Sc2ccc(C(=O)O)cc2)c1C#N. The third kappa shape index (κ3) is 2.80. The molecule has 20 heavy (non-hydrogen) atoms. The van der Waals surface area contributed by atoms with Crippen molar-refractivity contribution < 1.29 is 9.90 Å². The Morgan fingerprint density at radius 3 is 2.30 bits per heavy atom. The fourth-order valence-electron chi connectivity index (χ4n) is 1.62. The molecular weight excluding hydrogens is 272 g/mol. The Kier molecular flexibility index (Phi) is 4.05. The molecule has 5 heteroatoms. The number of carboxylic acids is 1. The van der Waals surface area contributed by atoms with Gasteiger partial charge in [-0.3, -0.25) is 0 Å². The van der Waals surface area contributed by atoms with Gasteiger partial charge in [0.2, 0.25) is 0 Å². The Morgan fingerprint density at radius 1 is 1.05 bits per heavy atom. The van der Waals surface area contributed by atoms with Crippen LogP contribution < -0.4 is 0 Å². The van der Waals surface area contributed by atoms with Crippen LogP contribution in [0.15, 0.2) is 52.3 Å². The highest BCUT2D eigenvalue weighted by atomic mass is 32.2. The molecule has 0 atom stereocenters. The minimum absolute atomic E-state index is 0.209. The van der Waals surface area contributed by atoms with Crippen LogP contribution in [0.1, 0.15) is 21.5 Å². The smallest absolute Gasteiger partial charge is 0.335 e. The van der Waals surface area contributed by atoms with Gasteiger partial charge in [0.05, 0.1) is 16.7 Å². The number of nitrogens with zero attached hydrogens (tertiary/aromatic N) is 2. The Bertz CT molecular complexity index is 740. The Labute approximate surface area is 119 Å². The molecule has 4 nitrogen and oxygen atoms in total. The van der Waals surface area contributed by atoms with E-state index >= 15 is 0 Å². The molecule has 2 rings (SSSR count). The van der Waals surface area contributed by atoms with Gasteiger partial charge in [-0.05, 0) is 36.4 Å². The Hall–Kier alpha value is -2.76. The van der Waals surface area contributed by atoms with E-state index in [1.165, 1.54) is 23.9 Å². The molecule has 0 unspecified atom stereocenters. The summed E-state index contributed by atoms with van der Waals surface area (Å²) >= 11 is 1.32. The van der Waals surface area contributed by atoms with Gasteiger partial charge in [0.1, 0.15) is 12.1 Å². The fraction of sp³-hybridized carbons (Fsp3) is 0. The van der Waals surface area contributed by atoms with Gasteiger partial charge in [0.25, 0.3) is 0 Å². The van der Waals surface area contributed by atoms with Crippen LogP contribution >= 0.6 is 11.8 Å². The van der Waals surface area contributed by atoms with E-state index in [1.807, 2.05) is 12.1 Å². The predicted molar refractivity (Wildman–Crippen MR) is 73.4 cm³/mol. The number of carbonyl (C=O) groups is 1. The molecule has 0 saturated carbocycles. The van der Waals surface area contributed by atoms with Crippen LogP contribution in [0.2, 0.25) is 0 Å². The van der Waals surface area contributed by atoms with E-state index in [4.69, 9.17) is 15.6 Å². The van der Waals surface area contributed by atoms with Crippen LogP contribution in [0.4, 0.5) is 0 Å². The fourth-order valence-corrected chi connectivity index (χ4v) is 2.55. The molecule has 0 bridgehead atoms. The molecule has 0 aromatic heterocycles. The maximum atomic E-state index is 10.8. The summed E-state index contributed by atoms with van der Waals surface area (Å²) in [7, 11) is 0. The summed E-state index contributed by atoms with van der Waals surface area (Å²) in [6, 6.07) is 15.4. The van der Waals surface area contributed by atoms with Crippen molar-refractivity contribution in [3.63, 3.8) is 0 Å².